The molecular weight excluding hydrogens is 508 g/mol. The maximum Gasteiger partial charge on any atom is 0.330 e. The van der Waals surface area contributed by atoms with E-state index in [4.69, 9.17) is 4.74 Å². The average molecular weight is 573 g/mol. The topological polar surface area (TPSA) is 66.8 Å². The maximum absolute atomic E-state index is 11.8. The van der Waals surface area contributed by atoms with Gasteiger partial charge in [0.2, 0.25) is 0 Å². The molecule has 0 atom stereocenters. The first-order chi connectivity index (χ1) is 20.1. The molecule has 0 aliphatic carbocycles. The number of esters is 1. The van der Waals surface area contributed by atoms with E-state index in [0.717, 1.165) is 12.8 Å². The van der Waals surface area contributed by atoms with E-state index < -0.39 is 0 Å². The summed E-state index contributed by atoms with van der Waals surface area (Å²) in [5, 5.41) is 18.8. The molecule has 0 saturated heterocycles. The van der Waals surface area contributed by atoms with Crippen LogP contribution in [0.5, 0.6) is 11.5 Å². The normalized spacial score (nSPS) is 11.4. The van der Waals surface area contributed by atoms with Crippen LogP contribution in [0.2, 0.25) is 0 Å². The number of unbranched alkanes of at least 4 members (excludes halogenated alkanes) is 25. The molecule has 0 amide bonds. The van der Waals surface area contributed by atoms with E-state index in [1.54, 1.807) is 12.1 Å². The minimum atomic E-state index is -0.378. The van der Waals surface area contributed by atoms with Gasteiger partial charge in [-0.25, -0.2) is 4.79 Å². The molecule has 0 bridgehead atoms. The van der Waals surface area contributed by atoms with Gasteiger partial charge in [-0.1, -0.05) is 174 Å². The standard InChI is InChI=1S/C37H64O4/c1-2-3-4-5-6-7-8-9-10-11-12-13-14-15-16-17-18-19-20-21-22-23-24-25-26-27-32-41-37(40)31-29-34-28-30-35(38)36(39)33-34/h28-31,33,38-39H,2-27,32H2,1H3/b31-29+. The number of rotatable bonds is 29. The summed E-state index contributed by atoms with van der Waals surface area (Å²) in [4.78, 5) is 11.8. The van der Waals surface area contributed by atoms with Gasteiger partial charge in [0, 0.05) is 6.08 Å². The van der Waals surface area contributed by atoms with Crippen LogP contribution in [-0.2, 0) is 9.53 Å². The highest BCUT2D eigenvalue weighted by Gasteiger charge is 2.01. The van der Waals surface area contributed by atoms with Gasteiger partial charge < -0.3 is 14.9 Å². The molecule has 0 aliphatic heterocycles. The van der Waals surface area contributed by atoms with Crippen LogP contribution in [0.25, 0.3) is 6.08 Å². The zero-order chi connectivity index (χ0) is 29.6. The van der Waals surface area contributed by atoms with Crippen LogP contribution < -0.4 is 0 Å². The summed E-state index contributed by atoms with van der Waals surface area (Å²) in [6.07, 6.45) is 38.8. The Labute approximate surface area is 253 Å². The SMILES string of the molecule is CCCCCCCCCCCCCCCCCCCCCCCCCCCCOC(=O)/C=C/c1ccc(O)c(O)c1. The smallest absolute Gasteiger partial charge is 0.330 e. The molecule has 41 heavy (non-hydrogen) atoms. The van der Waals surface area contributed by atoms with Crippen LogP contribution in [-0.4, -0.2) is 22.8 Å². The van der Waals surface area contributed by atoms with E-state index in [-0.39, 0.29) is 17.5 Å². The summed E-state index contributed by atoms with van der Waals surface area (Å²) >= 11 is 0. The van der Waals surface area contributed by atoms with Crippen LogP contribution in [0.1, 0.15) is 179 Å². The summed E-state index contributed by atoms with van der Waals surface area (Å²) in [6, 6.07) is 4.42. The highest BCUT2D eigenvalue weighted by Crippen LogP contribution is 2.25. The Morgan fingerprint density at radius 3 is 1.29 bits per heavy atom. The summed E-state index contributed by atoms with van der Waals surface area (Å²) in [5.41, 5.74) is 0.637. The lowest BCUT2D eigenvalue weighted by atomic mass is 10.0. The Morgan fingerprint density at radius 2 is 0.927 bits per heavy atom. The molecule has 1 aromatic carbocycles. The zero-order valence-electron chi connectivity index (χ0n) is 26.7. The molecule has 0 unspecified atom stereocenters. The van der Waals surface area contributed by atoms with Crippen molar-refractivity contribution in [3.8, 4) is 11.5 Å². The lowest BCUT2D eigenvalue weighted by molar-refractivity contribution is -0.137. The minimum absolute atomic E-state index is 0.175. The van der Waals surface area contributed by atoms with Crippen molar-refractivity contribution in [1.29, 1.82) is 0 Å². The lowest BCUT2D eigenvalue weighted by Crippen LogP contribution is -2.02. The number of ether oxygens (including phenoxy) is 1. The molecule has 2 N–H and O–H groups in total. The van der Waals surface area contributed by atoms with Gasteiger partial charge in [0.25, 0.3) is 0 Å². The molecule has 236 valence electrons. The second kappa shape index (κ2) is 28.2. The number of hydrogen-bond acceptors (Lipinski definition) is 4. The molecule has 0 fully saturated rings. The fraction of sp³-hybridized carbons (Fsp3) is 0.757. The molecular formula is C37H64O4. The second-order valence-corrected chi connectivity index (χ2v) is 12.1. The molecule has 4 heteroatoms. The van der Waals surface area contributed by atoms with Crippen LogP contribution in [0.4, 0.5) is 0 Å². The number of aromatic hydroxyl groups is 2. The van der Waals surface area contributed by atoms with Gasteiger partial charge in [0.15, 0.2) is 11.5 Å². The second-order valence-electron chi connectivity index (χ2n) is 12.1. The van der Waals surface area contributed by atoms with Gasteiger partial charge in [0.05, 0.1) is 6.61 Å². The monoisotopic (exact) mass is 572 g/mol. The summed E-state index contributed by atoms with van der Waals surface area (Å²) in [6.45, 7) is 2.74. The van der Waals surface area contributed by atoms with Crippen molar-refractivity contribution >= 4 is 12.0 Å². The summed E-state index contributed by atoms with van der Waals surface area (Å²) in [7, 11) is 0. The Morgan fingerprint density at radius 1 is 0.561 bits per heavy atom. The quantitative estimate of drug-likeness (QED) is 0.0433. The fourth-order valence-corrected chi connectivity index (χ4v) is 5.45. The van der Waals surface area contributed by atoms with Gasteiger partial charge in [-0.15, -0.1) is 0 Å². The van der Waals surface area contributed by atoms with E-state index in [9.17, 15) is 15.0 Å². The molecule has 0 radical (unpaired) electrons. The number of phenolic OH excluding ortho intramolecular Hbond substituents is 2. The first-order valence-corrected chi connectivity index (χ1v) is 17.5. The summed E-state index contributed by atoms with van der Waals surface area (Å²) < 4.78 is 5.23. The van der Waals surface area contributed by atoms with Gasteiger partial charge in [0.1, 0.15) is 0 Å². The minimum Gasteiger partial charge on any atom is -0.504 e. The van der Waals surface area contributed by atoms with Crippen LogP contribution >= 0.6 is 0 Å². The first kappa shape index (κ1) is 37.1. The Kier molecular flexibility index (Phi) is 25.5. The van der Waals surface area contributed by atoms with E-state index in [1.807, 2.05) is 0 Å². The van der Waals surface area contributed by atoms with Gasteiger partial charge in [-0.2, -0.15) is 0 Å². The number of carbonyl (C=O) groups excluding carboxylic acids is 1. The van der Waals surface area contributed by atoms with E-state index >= 15 is 0 Å². The van der Waals surface area contributed by atoms with Crippen molar-refractivity contribution in [2.45, 2.75) is 174 Å². The zero-order valence-corrected chi connectivity index (χ0v) is 26.7. The van der Waals surface area contributed by atoms with Crippen molar-refractivity contribution in [2.24, 2.45) is 0 Å². The molecule has 1 rings (SSSR count). The fourth-order valence-electron chi connectivity index (χ4n) is 5.45. The number of hydrogen-bond donors (Lipinski definition) is 2. The molecule has 0 spiro atoms. The van der Waals surface area contributed by atoms with Crippen molar-refractivity contribution in [2.75, 3.05) is 6.61 Å². The Hall–Kier alpha value is -1.97. The number of benzene rings is 1. The molecule has 4 nitrogen and oxygen atoms in total. The third kappa shape index (κ3) is 24.3. The molecule has 0 aliphatic rings. The van der Waals surface area contributed by atoms with E-state index in [0.29, 0.717) is 12.2 Å². The van der Waals surface area contributed by atoms with Crippen molar-refractivity contribution in [3.05, 3.63) is 29.8 Å². The Bertz CT molecular complexity index is 757. The van der Waals surface area contributed by atoms with Crippen molar-refractivity contribution in [3.63, 3.8) is 0 Å². The lowest BCUT2D eigenvalue weighted by Gasteiger charge is -2.05. The van der Waals surface area contributed by atoms with E-state index in [1.165, 1.54) is 172 Å². The molecule has 0 saturated carbocycles. The Balaban J connectivity index is 1.73. The molecule has 0 heterocycles. The molecule has 0 aromatic heterocycles. The average Bonchev–Trinajstić information content (AvgIpc) is 2.97. The molecule has 1 aromatic rings. The van der Waals surface area contributed by atoms with Crippen LogP contribution in [0, 0.1) is 0 Å². The maximum atomic E-state index is 11.8. The van der Waals surface area contributed by atoms with Gasteiger partial charge in [-0.3, -0.25) is 0 Å². The van der Waals surface area contributed by atoms with Gasteiger partial charge >= 0.3 is 5.97 Å². The highest BCUT2D eigenvalue weighted by molar-refractivity contribution is 5.87. The van der Waals surface area contributed by atoms with Crippen LogP contribution in [0.3, 0.4) is 0 Å². The van der Waals surface area contributed by atoms with Gasteiger partial charge in [-0.05, 0) is 30.2 Å². The first-order valence-electron chi connectivity index (χ1n) is 17.5. The van der Waals surface area contributed by atoms with Crippen molar-refractivity contribution in [1.82, 2.24) is 0 Å². The highest BCUT2D eigenvalue weighted by atomic mass is 16.5. The summed E-state index contributed by atoms with van der Waals surface area (Å²) in [5.74, 6) is -0.756. The predicted octanol–water partition coefficient (Wildman–Crippen LogP) is 11.8. The van der Waals surface area contributed by atoms with Crippen LogP contribution in [0.15, 0.2) is 24.3 Å². The predicted molar refractivity (Wildman–Crippen MR) is 175 cm³/mol. The van der Waals surface area contributed by atoms with Crippen molar-refractivity contribution < 1.29 is 19.7 Å². The third-order valence-corrected chi connectivity index (χ3v) is 8.15. The number of carbonyl (C=O) groups is 1. The largest absolute Gasteiger partial charge is 0.504 e. The van der Waals surface area contributed by atoms with E-state index in [2.05, 4.69) is 6.92 Å². The number of phenols is 2. The third-order valence-electron chi connectivity index (χ3n) is 8.15.